The van der Waals surface area contributed by atoms with Gasteiger partial charge in [0.05, 0.1) is 0 Å². The topological polar surface area (TPSA) is 95.9 Å². The molecule has 0 saturated heterocycles. The van der Waals surface area contributed by atoms with Crippen LogP contribution in [0.1, 0.15) is 30.9 Å². The minimum atomic E-state index is -1.82. The summed E-state index contributed by atoms with van der Waals surface area (Å²) in [6.45, 7) is 12.6. The summed E-state index contributed by atoms with van der Waals surface area (Å²) in [5.41, 5.74) is 2.69. The van der Waals surface area contributed by atoms with Crippen molar-refractivity contribution < 1.29 is 24.5 Å². The van der Waals surface area contributed by atoms with E-state index in [1.165, 1.54) is 11.1 Å². The van der Waals surface area contributed by atoms with E-state index in [4.69, 9.17) is 24.5 Å². The summed E-state index contributed by atoms with van der Waals surface area (Å²) in [4.78, 5) is 18.2. The highest BCUT2D eigenvalue weighted by atomic mass is 16.5. The smallest absolute Gasteiger partial charge is 0.414 e. The number of rotatable bonds is 7. The Morgan fingerprint density at radius 1 is 1.30 bits per heavy atom. The molecule has 23 heavy (non-hydrogen) atoms. The lowest BCUT2D eigenvalue weighted by molar-refractivity contribution is -0.159. The van der Waals surface area contributed by atoms with E-state index in [2.05, 4.69) is 50.9 Å². The second-order valence-electron chi connectivity index (χ2n) is 5.12. The van der Waals surface area contributed by atoms with Crippen LogP contribution in [0.2, 0.25) is 0 Å². The number of hydrogen-bond donors (Lipinski definition) is 3. The van der Waals surface area contributed by atoms with Crippen molar-refractivity contribution in [2.75, 3.05) is 19.7 Å². The number of benzene rings is 1. The molecule has 128 valence electrons. The Morgan fingerprint density at radius 3 is 2.35 bits per heavy atom. The lowest BCUT2D eigenvalue weighted by atomic mass is 9.98. The molecule has 0 heterocycles. The predicted octanol–water partition coefficient (Wildman–Crippen LogP) is 2.43. The largest absolute Gasteiger partial charge is 0.492 e. The Labute approximate surface area is 136 Å². The fraction of sp³-hybridized carbons (Fsp3) is 0.412. The molecule has 6 heteroatoms. The van der Waals surface area contributed by atoms with Gasteiger partial charge in [0.1, 0.15) is 12.4 Å². The molecule has 0 spiro atoms. The number of hydrogen-bond acceptors (Lipinski definition) is 4. The average molecular weight is 323 g/mol. The highest BCUT2D eigenvalue weighted by molar-refractivity contribution is 6.27. The van der Waals surface area contributed by atoms with Gasteiger partial charge in [-0.2, -0.15) is 0 Å². The van der Waals surface area contributed by atoms with E-state index in [1.807, 2.05) is 6.08 Å². The van der Waals surface area contributed by atoms with Gasteiger partial charge < -0.3 is 20.3 Å². The normalized spacial score (nSPS) is 9.74. The van der Waals surface area contributed by atoms with Gasteiger partial charge in [-0.15, -0.1) is 6.58 Å². The quantitative estimate of drug-likeness (QED) is 0.405. The van der Waals surface area contributed by atoms with Crippen LogP contribution in [0.3, 0.4) is 0 Å². The van der Waals surface area contributed by atoms with E-state index in [1.54, 1.807) is 0 Å². The summed E-state index contributed by atoms with van der Waals surface area (Å²) >= 11 is 0. The molecule has 1 aromatic rings. The second-order valence-corrected chi connectivity index (χ2v) is 5.12. The van der Waals surface area contributed by atoms with Crippen molar-refractivity contribution in [1.29, 1.82) is 0 Å². The summed E-state index contributed by atoms with van der Waals surface area (Å²) in [6.07, 6.45) is 1.85. The first-order chi connectivity index (χ1) is 10.8. The molecule has 1 rings (SSSR count). The van der Waals surface area contributed by atoms with Crippen molar-refractivity contribution in [2.45, 2.75) is 26.7 Å². The maximum Gasteiger partial charge on any atom is 0.414 e. The van der Waals surface area contributed by atoms with Crippen molar-refractivity contribution >= 4 is 11.9 Å². The zero-order valence-electron chi connectivity index (χ0n) is 13.8. The van der Waals surface area contributed by atoms with Gasteiger partial charge in [-0.1, -0.05) is 26.0 Å². The average Bonchev–Trinajstić information content (AvgIpc) is 2.47. The zero-order chi connectivity index (χ0) is 17.8. The van der Waals surface area contributed by atoms with Gasteiger partial charge >= 0.3 is 11.9 Å². The van der Waals surface area contributed by atoms with Crippen molar-refractivity contribution in [3.8, 4) is 5.75 Å². The van der Waals surface area contributed by atoms with Crippen LogP contribution < -0.4 is 10.1 Å². The van der Waals surface area contributed by atoms with Gasteiger partial charge in [-0.25, -0.2) is 9.59 Å². The molecule has 0 fully saturated rings. The standard InChI is InChI=1S/C15H23NO.C2H2O4/c1-5-8-16-9-10-17-14-6-7-15(12(2)3)13(4)11-14;3-1(4)2(5)6/h5-7,11-12,16H,1,8-10H2,2-4H3;(H,3,4)(H,5,6). The van der Waals surface area contributed by atoms with Gasteiger partial charge in [0.25, 0.3) is 0 Å². The lowest BCUT2D eigenvalue weighted by Gasteiger charge is -2.12. The molecule has 0 aliphatic rings. The lowest BCUT2D eigenvalue weighted by Crippen LogP contribution is -2.20. The van der Waals surface area contributed by atoms with Gasteiger partial charge in [0.2, 0.25) is 0 Å². The van der Waals surface area contributed by atoms with E-state index in [0.29, 0.717) is 12.5 Å². The monoisotopic (exact) mass is 323 g/mol. The maximum absolute atomic E-state index is 9.10. The second kappa shape index (κ2) is 11.3. The van der Waals surface area contributed by atoms with Crippen molar-refractivity contribution in [2.24, 2.45) is 0 Å². The Kier molecular flexibility index (Phi) is 10.1. The molecule has 0 amide bonds. The molecule has 1 aromatic carbocycles. The summed E-state index contributed by atoms with van der Waals surface area (Å²) in [7, 11) is 0. The van der Waals surface area contributed by atoms with Gasteiger partial charge in [-0.3, -0.25) is 0 Å². The molecule has 3 N–H and O–H groups in total. The third-order valence-corrected chi connectivity index (χ3v) is 2.88. The van der Waals surface area contributed by atoms with Gasteiger partial charge in [0.15, 0.2) is 0 Å². The van der Waals surface area contributed by atoms with Crippen LogP contribution in [-0.2, 0) is 9.59 Å². The molecule has 0 aromatic heterocycles. The van der Waals surface area contributed by atoms with Crippen LogP contribution in [0.15, 0.2) is 30.9 Å². The predicted molar refractivity (Wildman–Crippen MR) is 89.1 cm³/mol. The molecule has 0 bridgehead atoms. The van der Waals surface area contributed by atoms with Crippen LogP contribution in [0.4, 0.5) is 0 Å². The summed E-state index contributed by atoms with van der Waals surface area (Å²) in [5.74, 6) is -2.13. The van der Waals surface area contributed by atoms with Crippen LogP contribution in [-0.4, -0.2) is 41.8 Å². The summed E-state index contributed by atoms with van der Waals surface area (Å²) in [5, 5.41) is 18.0. The minimum Gasteiger partial charge on any atom is -0.492 e. The van der Waals surface area contributed by atoms with E-state index >= 15 is 0 Å². The van der Waals surface area contributed by atoms with Crippen LogP contribution in [0.5, 0.6) is 5.75 Å². The molecule has 0 aliphatic carbocycles. The van der Waals surface area contributed by atoms with Crippen LogP contribution >= 0.6 is 0 Å². The molecular weight excluding hydrogens is 298 g/mol. The van der Waals surface area contributed by atoms with E-state index in [9.17, 15) is 0 Å². The first-order valence-electron chi connectivity index (χ1n) is 7.30. The van der Waals surface area contributed by atoms with Gasteiger partial charge in [-0.05, 0) is 36.1 Å². The Morgan fingerprint density at radius 2 is 1.91 bits per heavy atom. The molecule has 0 atom stereocenters. The molecular formula is C17H25NO5. The molecule has 0 unspecified atom stereocenters. The number of carbonyl (C=O) groups is 2. The maximum atomic E-state index is 9.10. The third-order valence-electron chi connectivity index (χ3n) is 2.88. The zero-order valence-corrected chi connectivity index (χ0v) is 13.8. The van der Waals surface area contributed by atoms with Crippen molar-refractivity contribution in [3.05, 3.63) is 42.0 Å². The molecule has 0 radical (unpaired) electrons. The molecule has 6 nitrogen and oxygen atoms in total. The Bertz CT molecular complexity index is 514. The van der Waals surface area contributed by atoms with E-state index in [-0.39, 0.29) is 0 Å². The Hall–Kier alpha value is -2.34. The number of aryl methyl sites for hydroxylation is 1. The fourth-order valence-electron chi connectivity index (χ4n) is 1.83. The van der Waals surface area contributed by atoms with Gasteiger partial charge in [0, 0.05) is 13.1 Å². The van der Waals surface area contributed by atoms with Crippen molar-refractivity contribution in [3.63, 3.8) is 0 Å². The Balaban J connectivity index is 0.000000688. The number of ether oxygens (including phenoxy) is 1. The fourth-order valence-corrected chi connectivity index (χ4v) is 1.83. The van der Waals surface area contributed by atoms with Crippen molar-refractivity contribution in [1.82, 2.24) is 5.32 Å². The third kappa shape index (κ3) is 9.31. The van der Waals surface area contributed by atoms with E-state index in [0.717, 1.165) is 18.8 Å². The number of nitrogens with one attached hydrogen (secondary N) is 1. The van der Waals surface area contributed by atoms with Crippen LogP contribution in [0.25, 0.3) is 0 Å². The molecule has 0 aliphatic heterocycles. The summed E-state index contributed by atoms with van der Waals surface area (Å²) in [6, 6.07) is 6.32. The highest BCUT2D eigenvalue weighted by Crippen LogP contribution is 2.23. The minimum absolute atomic E-state index is 0.568. The first-order valence-corrected chi connectivity index (χ1v) is 7.30. The number of carboxylic acid groups (broad SMARTS) is 2. The summed E-state index contributed by atoms with van der Waals surface area (Å²) < 4.78 is 5.67. The number of aliphatic carboxylic acids is 2. The molecule has 0 saturated carbocycles. The SMILES string of the molecule is C=CCNCCOc1ccc(C(C)C)c(C)c1.O=C(O)C(=O)O. The first kappa shape index (κ1) is 20.7. The van der Waals surface area contributed by atoms with Crippen LogP contribution in [0, 0.1) is 6.92 Å². The number of carboxylic acids is 2. The highest BCUT2D eigenvalue weighted by Gasteiger charge is 2.04. The van der Waals surface area contributed by atoms with E-state index < -0.39 is 11.9 Å².